The zero-order valence-corrected chi connectivity index (χ0v) is 12.5. The topological polar surface area (TPSA) is 21.3 Å². The monoisotopic (exact) mass is 261 g/mol. The van der Waals surface area contributed by atoms with Gasteiger partial charge in [0.15, 0.2) is 0 Å². The van der Waals surface area contributed by atoms with Gasteiger partial charge in [-0.2, -0.15) is 0 Å². The summed E-state index contributed by atoms with van der Waals surface area (Å²) in [6, 6.07) is 6.96. The van der Waals surface area contributed by atoms with Crippen LogP contribution in [-0.2, 0) is 0 Å². The third-order valence-electron chi connectivity index (χ3n) is 4.20. The van der Waals surface area contributed by atoms with Crippen LogP contribution in [0.2, 0.25) is 0 Å². The van der Waals surface area contributed by atoms with Crippen molar-refractivity contribution < 1.29 is 4.74 Å². The van der Waals surface area contributed by atoms with Crippen molar-refractivity contribution in [3.8, 4) is 5.75 Å². The summed E-state index contributed by atoms with van der Waals surface area (Å²) in [5.41, 5.74) is 2.65. The summed E-state index contributed by atoms with van der Waals surface area (Å²) in [6.07, 6.45) is 6.64. The van der Waals surface area contributed by atoms with Crippen LogP contribution in [0.5, 0.6) is 5.75 Å². The van der Waals surface area contributed by atoms with Crippen molar-refractivity contribution in [2.45, 2.75) is 52.0 Å². The first kappa shape index (κ1) is 14.4. The first-order chi connectivity index (χ1) is 9.24. The molecule has 0 saturated heterocycles. The second kappa shape index (κ2) is 6.95. The highest BCUT2D eigenvalue weighted by Crippen LogP contribution is 2.37. The third kappa shape index (κ3) is 3.73. The minimum atomic E-state index is 0.445. The van der Waals surface area contributed by atoms with E-state index in [1.165, 1.54) is 43.2 Å². The molecule has 1 unspecified atom stereocenters. The van der Waals surface area contributed by atoms with E-state index in [2.05, 4.69) is 37.4 Å². The Morgan fingerprint density at radius 2 is 2.16 bits per heavy atom. The van der Waals surface area contributed by atoms with Crippen LogP contribution in [-0.4, -0.2) is 13.7 Å². The van der Waals surface area contributed by atoms with Gasteiger partial charge < -0.3 is 10.1 Å². The number of aryl methyl sites for hydroxylation is 1. The molecule has 2 rings (SSSR count). The van der Waals surface area contributed by atoms with E-state index in [1.54, 1.807) is 7.11 Å². The molecule has 2 nitrogen and oxygen atoms in total. The number of hydrogen-bond donors (Lipinski definition) is 1. The van der Waals surface area contributed by atoms with Gasteiger partial charge in [0.2, 0.25) is 0 Å². The largest absolute Gasteiger partial charge is 0.496 e. The molecule has 1 atom stereocenters. The lowest BCUT2D eigenvalue weighted by atomic mass is 9.79. The Balaban J connectivity index is 2.16. The van der Waals surface area contributed by atoms with E-state index >= 15 is 0 Å². The molecule has 0 spiro atoms. The summed E-state index contributed by atoms with van der Waals surface area (Å²) in [5, 5.41) is 3.71. The van der Waals surface area contributed by atoms with Crippen molar-refractivity contribution in [1.82, 2.24) is 5.32 Å². The SMILES string of the molecule is CCCNC(CC1CCC1)c1cc(C)ccc1OC. The molecule has 1 aromatic rings. The van der Waals surface area contributed by atoms with Crippen LogP contribution in [0.1, 0.15) is 56.2 Å². The van der Waals surface area contributed by atoms with Crippen LogP contribution in [0.4, 0.5) is 0 Å². The molecule has 0 bridgehead atoms. The van der Waals surface area contributed by atoms with Gasteiger partial charge in [-0.05, 0) is 38.3 Å². The molecule has 0 amide bonds. The van der Waals surface area contributed by atoms with Gasteiger partial charge in [-0.1, -0.05) is 43.9 Å². The highest BCUT2D eigenvalue weighted by Gasteiger charge is 2.24. The summed E-state index contributed by atoms with van der Waals surface area (Å²) in [4.78, 5) is 0. The van der Waals surface area contributed by atoms with Crippen LogP contribution in [0, 0.1) is 12.8 Å². The molecule has 1 aliphatic rings. The van der Waals surface area contributed by atoms with E-state index in [0.717, 1.165) is 18.2 Å². The summed E-state index contributed by atoms with van der Waals surface area (Å²) < 4.78 is 5.55. The van der Waals surface area contributed by atoms with Gasteiger partial charge in [-0.15, -0.1) is 0 Å². The van der Waals surface area contributed by atoms with Crippen molar-refractivity contribution in [2.24, 2.45) is 5.92 Å². The average molecular weight is 261 g/mol. The zero-order chi connectivity index (χ0) is 13.7. The maximum atomic E-state index is 5.55. The lowest BCUT2D eigenvalue weighted by Crippen LogP contribution is -2.27. The Kier molecular flexibility index (Phi) is 5.26. The smallest absolute Gasteiger partial charge is 0.123 e. The third-order valence-corrected chi connectivity index (χ3v) is 4.20. The zero-order valence-electron chi connectivity index (χ0n) is 12.5. The molecule has 1 aromatic carbocycles. The maximum Gasteiger partial charge on any atom is 0.123 e. The number of hydrogen-bond acceptors (Lipinski definition) is 2. The first-order valence-electron chi connectivity index (χ1n) is 7.62. The predicted octanol–water partition coefficient (Wildman–Crippen LogP) is 4.23. The lowest BCUT2D eigenvalue weighted by Gasteiger charge is -2.31. The normalized spacial score (nSPS) is 17.0. The summed E-state index contributed by atoms with van der Waals surface area (Å²) in [6.45, 7) is 5.46. The van der Waals surface area contributed by atoms with E-state index in [9.17, 15) is 0 Å². The standard InChI is InChI=1S/C17H27NO/c1-4-10-18-16(12-14-6-5-7-14)15-11-13(2)8-9-17(15)19-3/h8-9,11,14,16,18H,4-7,10,12H2,1-3H3. The molecule has 1 saturated carbocycles. The van der Waals surface area contributed by atoms with Gasteiger partial charge in [0.05, 0.1) is 7.11 Å². The molecule has 1 aliphatic carbocycles. The van der Waals surface area contributed by atoms with E-state index in [4.69, 9.17) is 4.74 Å². The van der Waals surface area contributed by atoms with Gasteiger partial charge in [-0.3, -0.25) is 0 Å². The predicted molar refractivity (Wildman–Crippen MR) is 80.7 cm³/mol. The van der Waals surface area contributed by atoms with Gasteiger partial charge in [-0.25, -0.2) is 0 Å². The summed E-state index contributed by atoms with van der Waals surface area (Å²) in [7, 11) is 1.77. The molecule has 0 heterocycles. The Morgan fingerprint density at radius 1 is 1.37 bits per heavy atom. The molecule has 0 radical (unpaired) electrons. The van der Waals surface area contributed by atoms with Crippen molar-refractivity contribution in [3.05, 3.63) is 29.3 Å². The molecule has 1 N–H and O–H groups in total. The molecule has 2 heteroatoms. The second-order valence-corrected chi connectivity index (χ2v) is 5.78. The minimum absolute atomic E-state index is 0.445. The molecule has 19 heavy (non-hydrogen) atoms. The van der Waals surface area contributed by atoms with Gasteiger partial charge in [0.25, 0.3) is 0 Å². The minimum Gasteiger partial charge on any atom is -0.496 e. The van der Waals surface area contributed by atoms with E-state index in [-0.39, 0.29) is 0 Å². The molecular weight excluding hydrogens is 234 g/mol. The fourth-order valence-electron chi connectivity index (χ4n) is 2.83. The van der Waals surface area contributed by atoms with Gasteiger partial charge >= 0.3 is 0 Å². The molecule has 0 aliphatic heterocycles. The summed E-state index contributed by atoms with van der Waals surface area (Å²) in [5.74, 6) is 1.93. The molecular formula is C17H27NO. The van der Waals surface area contributed by atoms with Crippen LogP contribution >= 0.6 is 0 Å². The number of benzene rings is 1. The van der Waals surface area contributed by atoms with Crippen LogP contribution in [0.15, 0.2) is 18.2 Å². The highest BCUT2D eigenvalue weighted by atomic mass is 16.5. The first-order valence-corrected chi connectivity index (χ1v) is 7.62. The number of methoxy groups -OCH3 is 1. The Hall–Kier alpha value is -1.02. The van der Waals surface area contributed by atoms with Crippen molar-refractivity contribution in [3.63, 3.8) is 0 Å². The fraction of sp³-hybridized carbons (Fsp3) is 0.647. The van der Waals surface area contributed by atoms with Crippen LogP contribution < -0.4 is 10.1 Å². The Labute approximate surface area is 117 Å². The second-order valence-electron chi connectivity index (χ2n) is 5.78. The van der Waals surface area contributed by atoms with E-state index in [1.807, 2.05) is 0 Å². The quantitative estimate of drug-likeness (QED) is 0.793. The summed E-state index contributed by atoms with van der Waals surface area (Å²) >= 11 is 0. The van der Waals surface area contributed by atoms with Crippen molar-refractivity contribution in [2.75, 3.05) is 13.7 Å². The average Bonchev–Trinajstić information content (AvgIpc) is 2.37. The lowest BCUT2D eigenvalue weighted by molar-refractivity contribution is 0.258. The number of nitrogens with one attached hydrogen (secondary N) is 1. The Bertz CT molecular complexity index is 398. The van der Waals surface area contributed by atoms with Crippen molar-refractivity contribution in [1.29, 1.82) is 0 Å². The van der Waals surface area contributed by atoms with Crippen LogP contribution in [0.25, 0.3) is 0 Å². The maximum absolute atomic E-state index is 5.55. The Morgan fingerprint density at radius 3 is 2.74 bits per heavy atom. The van der Waals surface area contributed by atoms with E-state index in [0.29, 0.717) is 6.04 Å². The van der Waals surface area contributed by atoms with Gasteiger partial charge in [0.1, 0.15) is 5.75 Å². The highest BCUT2D eigenvalue weighted by molar-refractivity contribution is 5.39. The molecule has 106 valence electrons. The molecule has 1 fully saturated rings. The van der Waals surface area contributed by atoms with E-state index < -0.39 is 0 Å². The van der Waals surface area contributed by atoms with Crippen LogP contribution in [0.3, 0.4) is 0 Å². The molecule has 0 aromatic heterocycles. The number of ether oxygens (including phenoxy) is 1. The van der Waals surface area contributed by atoms with Crippen molar-refractivity contribution >= 4 is 0 Å². The van der Waals surface area contributed by atoms with Gasteiger partial charge in [0, 0.05) is 11.6 Å². The fourth-order valence-corrected chi connectivity index (χ4v) is 2.83. The number of rotatable bonds is 7.